The van der Waals surface area contributed by atoms with Gasteiger partial charge in [0.05, 0.1) is 25.9 Å². The molecule has 1 aliphatic rings. The van der Waals surface area contributed by atoms with Crippen molar-refractivity contribution >= 4 is 5.91 Å². The molecule has 24 heavy (non-hydrogen) atoms. The van der Waals surface area contributed by atoms with Crippen LogP contribution in [-0.4, -0.2) is 26.3 Å². The summed E-state index contributed by atoms with van der Waals surface area (Å²) in [5.74, 6) is 0.938. The summed E-state index contributed by atoms with van der Waals surface area (Å²) < 4.78 is 10.4. The molecular weight excluding hydrogens is 306 g/mol. The largest absolute Gasteiger partial charge is 0.497 e. The van der Waals surface area contributed by atoms with E-state index in [1.807, 2.05) is 18.2 Å². The summed E-state index contributed by atoms with van der Waals surface area (Å²) >= 11 is 0. The van der Waals surface area contributed by atoms with E-state index in [0.717, 1.165) is 6.42 Å². The molecule has 0 radical (unpaired) electrons. The van der Waals surface area contributed by atoms with Gasteiger partial charge in [0.15, 0.2) is 0 Å². The fourth-order valence-corrected chi connectivity index (χ4v) is 2.78. The van der Waals surface area contributed by atoms with Gasteiger partial charge in [0.25, 0.3) is 5.91 Å². The van der Waals surface area contributed by atoms with Crippen LogP contribution in [0.1, 0.15) is 28.4 Å². The Morgan fingerprint density at radius 2 is 1.88 bits per heavy atom. The molecule has 0 aromatic heterocycles. The van der Waals surface area contributed by atoms with Crippen LogP contribution >= 0.6 is 0 Å². The monoisotopic (exact) mass is 327 g/mol. The molecule has 1 saturated heterocycles. The van der Waals surface area contributed by atoms with Crippen LogP contribution in [0.2, 0.25) is 0 Å². The van der Waals surface area contributed by atoms with E-state index in [2.05, 4.69) is 28.3 Å². The number of carbonyl (C=O) groups excluding carboxylic acids is 1. The number of hydrogen-bond donors (Lipinski definition) is 3. The first kappa shape index (κ1) is 16.3. The summed E-state index contributed by atoms with van der Waals surface area (Å²) in [6.07, 6.45) is 0.600. The summed E-state index contributed by atoms with van der Waals surface area (Å²) in [5.41, 5.74) is 7.99. The van der Waals surface area contributed by atoms with Gasteiger partial charge in [-0.25, -0.2) is 10.9 Å². The molecule has 6 heteroatoms. The van der Waals surface area contributed by atoms with Crippen molar-refractivity contribution in [1.82, 2.24) is 16.2 Å². The van der Waals surface area contributed by atoms with Crippen LogP contribution < -0.4 is 25.6 Å². The Hall–Kier alpha value is -2.57. The zero-order valence-corrected chi connectivity index (χ0v) is 13.7. The maximum atomic E-state index is 12.5. The molecule has 6 nitrogen and oxygen atoms in total. The minimum Gasteiger partial charge on any atom is -0.497 e. The minimum absolute atomic E-state index is 0.158. The maximum absolute atomic E-state index is 12.5. The van der Waals surface area contributed by atoms with Gasteiger partial charge in [-0.3, -0.25) is 4.79 Å². The van der Waals surface area contributed by atoms with Crippen LogP contribution in [0.5, 0.6) is 11.5 Å². The quantitative estimate of drug-likeness (QED) is 0.783. The van der Waals surface area contributed by atoms with E-state index in [0.29, 0.717) is 17.1 Å². The van der Waals surface area contributed by atoms with E-state index in [-0.39, 0.29) is 18.1 Å². The highest BCUT2D eigenvalue weighted by atomic mass is 16.5. The molecule has 1 amide bonds. The van der Waals surface area contributed by atoms with Crippen molar-refractivity contribution in [1.29, 1.82) is 0 Å². The van der Waals surface area contributed by atoms with Crippen molar-refractivity contribution in [3.05, 3.63) is 59.7 Å². The van der Waals surface area contributed by atoms with Gasteiger partial charge in [0, 0.05) is 18.5 Å². The van der Waals surface area contributed by atoms with Crippen molar-refractivity contribution in [3.63, 3.8) is 0 Å². The van der Waals surface area contributed by atoms with Gasteiger partial charge in [-0.05, 0) is 17.7 Å². The summed E-state index contributed by atoms with van der Waals surface area (Å²) in [6.45, 7) is 0. The number of benzene rings is 2. The van der Waals surface area contributed by atoms with Gasteiger partial charge in [0.2, 0.25) is 0 Å². The zero-order chi connectivity index (χ0) is 16.9. The topological polar surface area (TPSA) is 71.6 Å². The second kappa shape index (κ2) is 7.33. The Labute approximate surface area is 141 Å². The average Bonchev–Trinajstić information content (AvgIpc) is 3.10. The number of hydrazine groups is 1. The highest BCUT2D eigenvalue weighted by molar-refractivity contribution is 5.97. The lowest BCUT2D eigenvalue weighted by Crippen LogP contribution is -2.44. The zero-order valence-electron chi connectivity index (χ0n) is 13.7. The first-order valence-corrected chi connectivity index (χ1v) is 7.80. The third-order valence-electron chi connectivity index (χ3n) is 4.06. The fourth-order valence-electron chi connectivity index (χ4n) is 2.78. The van der Waals surface area contributed by atoms with Gasteiger partial charge < -0.3 is 14.8 Å². The van der Waals surface area contributed by atoms with E-state index in [9.17, 15) is 4.79 Å². The molecule has 2 unspecified atom stereocenters. The molecule has 3 N–H and O–H groups in total. The molecule has 1 aliphatic heterocycles. The molecule has 1 heterocycles. The molecule has 0 aliphatic carbocycles. The molecule has 3 rings (SSSR count). The predicted octanol–water partition coefficient (Wildman–Crippen LogP) is 2.00. The van der Waals surface area contributed by atoms with Crippen LogP contribution in [0, 0.1) is 0 Å². The molecule has 1 fully saturated rings. The molecule has 2 aromatic rings. The molecule has 0 bridgehead atoms. The van der Waals surface area contributed by atoms with Crippen molar-refractivity contribution in [3.8, 4) is 11.5 Å². The molecule has 126 valence electrons. The lowest BCUT2D eigenvalue weighted by atomic mass is 10.0. The second-order valence-electron chi connectivity index (χ2n) is 5.58. The first-order valence-electron chi connectivity index (χ1n) is 7.80. The van der Waals surface area contributed by atoms with Gasteiger partial charge in [-0.15, -0.1) is 0 Å². The van der Waals surface area contributed by atoms with E-state index in [1.165, 1.54) is 12.7 Å². The normalized spacial score (nSPS) is 19.8. The summed E-state index contributed by atoms with van der Waals surface area (Å²) in [5, 5.41) is 2.97. The standard InChI is InChI=1S/C18H21N3O3/c1-23-13-8-9-14(16(10-13)24-2)18(22)19-17-11-15(20-21-17)12-6-4-3-5-7-12/h3-10,15,17,20-21H,11H2,1-2H3,(H,19,22). The molecular formula is C18H21N3O3. The van der Waals surface area contributed by atoms with E-state index in [4.69, 9.17) is 9.47 Å². The molecule has 0 saturated carbocycles. The lowest BCUT2D eigenvalue weighted by Gasteiger charge is -2.14. The first-order chi connectivity index (χ1) is 11.7. The maximum Gasteiger partial charge on any atom is 0.256 e. The Morgan fingerprint density at radius 1 is 1.08 bits per heavy atom. The summed E-state index contributed by atoms with van der Waals surface area (Å²) in [7, 11) is 3.11. The van der Waals surface area contributed by atoms with E-state index >= 15 is 0 Å². The van der Waals surface area contributed by atoms with Crippen LogP contribution in [0.15, 0.2) is 48.5 Å². The Morgan fingerprint density at radius 3 is 2.58 bits per heavy atom. The SMILES string of the molecule is COc1ccc(C(=O)NC2CC(c3ccccc3)NN2)c(OC)c1. The predicted molar refractivity (Wildman–Crippen MR) is 90.9 cm³/mol. The molecule has 2 aromatic carbocycles. The summed E-state index contributed by atoms with van der Waals surface area (Å²) in [6, 6.07) is 15.4. The molecule has 0 spiro atoms. The number of rotatable bonds is 5. The lowest BCUT2D eigenvalue weighted by molar-refractivity contribution is 0.0929. The van der Waals surface area contributed by atoms with Crippen LogP contribution in [0.4, 0.5) is 0 Å². The van der Waals surface area contributed by atoms with Gasteiger partial charge in [-0.2, -0.15) is 0 Å². The van der Waals surface area contributed by atoms with Crippen molar-refractivity contribution in [2.75, 3.05) is 14.2 Å². The number of nitrogens with one attached hydrogen (secondary N) is 3. The van der Waals surface area contributed by atoms with Crippen LogP contribution in [0.3, 0.4) is 0 Å². The average molecular weight is 327 g/mol. The highest BCUT2D eigenvalue weighted by Crippen LogP contribution is 2.25. The van der Waals surface area contributed by atoms with Crippen molar-refractivity contribution in [2.45, 2.75) is 18.6 Å². The number of hydrogen-bond acceptors (Lipinski definition) is 5. The Kier molecular flexibility index (Phi) is 4.98. The number of methoxy groups -OCH3 is 2. The smallest absolute Gasteiger partial charge is 0.256 e. The van der Waals surface area contributed by atoms with Gasteiger partial charge >= 0.3 is 0 Å². The Bertz CT molecular complexity index is 706. The van der Waals surface area contributed by atoms with Crippen LogP contribution in [0.25, 0.3) is 0 Å². The number of ether oxygens (including phenoxy) is 2. The third kappa shape index (κ3) is 3.50. The molecule has 2 atom stereocenters. The third-order valence-corrected chi connectivity index (χ3v) is 4.06. The van der Waals surface area contributed by atoms with E-state index < -0.39 is 0 Å². The Balaban J connectivity index is 1.66. The van der Waals surface area contributed by atoms with Crippen LogP contribution in [-0.2, 0) is 0 Å². The van der Waals surface area contributed by atoms with Gasteiger partial charge in [0.1, 0.15) is 11.5 Å². The van der Waals surface area contributed by atoms with E-state index in [1.54, 1.807) is 25.3 Å². The number of amides is 1. The second-order valence-corrected chi connectivity index (χ2v) is 5.58. The summed E-state index contributed by atoms with van der Waals surface area (Å²) in [4.78, 5) is 12.5. The highest BCUT2D eigenvalue weighted by Gasteiger charge is 2.27. The fraction of sp³-hybridized carbons (Fsp3) is 0.278. The van der Waals surface area contributed by atoms with Crippen molar-refractivity contribution < 1.29 is 14.3 Å². The minimum atomic E-state index is -0.192. The van der Waals surface area contributed by atoms with Gasteiger partial charge in [-0.1, -0.05) is 30.3 Å². The van der Waals surface area contributed by atoms with Crippen molar-refractivity contribution in [2.24, 2.45) is 0 Å². The number of carbonyl (C=O) groups is 1.